The number of amides is 11. The van der Waals surface area contributed by atoms with Crippen molar-refractivity contribution in [2.24, 2.45) is 0 Å². The van der Waals surface area contributed by atoms with Gasteiger partial charge < -0.3 is 93.1 Å². The number of β-lactam (4-membered cyclic amide) rings is 1. The van der Waals surface area contributed by atoms with Crippen molar-refractivity contribution in [2.45, 2.75) is 213 Å². The Morgan fingerprint density at radius 2 is 1.37 bits per heavy atom. The van der Waals surface area contributed by atoms with Crippen molar-refractivity contribution in [1.82, 2.24) is 56.8 Å². The number of nitrogens with zero attached hydrogens (tertiary/aromatic N) is 4. The summed E-state index contributed by atoms with van der Waals surface area (Å²) in [5.41, 5.74) is 0.136. The Labute approximate surface area is 635 Å². The zero-order valence-electron chi connectivity index (χ0n) is 61.2. The van der Waals surface area contributed by atoms with Gasteiger partial charge in [-0.05, 0) is 115 Å². The van der Waals surface area contributed by atoms with E-state index < -0.39 is 197 Å². The third-order valence-corrected chi connectivity index (χ3v) is 21.0. The number of hydrogen-bond acceptors (Lipinski definition) is 22. The van der Waals surface area contributed by atoms with E-state index in [1.54, 1.807) is 44.2 Å². The molecule has 1 unspecified atom stereocenters. The minimum Gasteiger partial charge on any atom is -0.870 e. The standard InChI is InChI=1S/C71H98N14O24S/c1-38(89)57(66(103)79-46(36-87)63(100)77-43-21-16-30-83(109)67(43)104)80-54(94)34-73-60(97)41(19-14-28-72-27-12-7-5-4-6-11-24-50(90)56(39-17-9-8-10-18-39)65(102)81-58-68(105)85-59(70(106)107)71(2,3)110-69(58)85)75-61(98)42(20-15-29-82(108)37-88)76-62(99)45(35-86)78-64(101)48-23-13-22-47-44(74-53(93)25-26-55(95)96)31-40-32-51(91)52(92)33-49(40)84(47)48/h8-10,17-18,31-33,37-38,41-43,45-46,48,56-59,69,72,86-87,89,91,108-109H,4-7,11-16,19-30,34-36H2,1-3H3,(H,73,97)(H,74,93)(H,75,98)(H,76,99)(H,77,100)(H,78,101)(H,79,103)(H,80,94)(H,81,102)(H,95,96)(H,106,107)/p+1/t38-,41+,42-,43?,45-,46+,48+,56+,57-,58-,59+,69-/m1/s1. The van der Waals surface area contributed by atoms with Crippen LogP contribution in [0.5, 0.6) is 5.75 Å². The first kappa shape index (κ1) is 87.0. The number of aliphatic hydroxyl groups is 4. The van der Waals surface area contributed by atoms with E-state index in [-0.39, 0.29) is 105 Å². The lowest BCUT2D eigenvalue weighted by atomic mass is 9.89. The number of hydrogen-bond donors (Lipinski definition) is 18. The number of thioether (sulfide) groups is 1. The van der Waals surface area contributed by atoms with Crippen LogP contribution < -0.4 is 63.4 Å². The number of nitrogens with one attached hydrogen (secondary N) is 9. The van der Waals surface area contributed by atoms with Crippen LogP contribution in [0, 0.1) is 0 Å². The maximum absolute atomic E-state index is 14.6. The van der Waals surface area contributed by atoms with Crippen LogP contribution in [-0.2, 0) is 73.5 Å². The molecule has 11 amide bonds. The number of benzene rings is 2. The number of hydroxylamine groups is 4. The summed E-state index contributed by atoms with van der Waals surface area (Å²) in [4.78, 5) is 201. The first-order chi connectivity index (χ1) is 52.3. The van der Waals surface area contributed by atoms with E-state index in [0.29, 0.717) is 48.7 Å². The molecule has 1 aromatic carbocycles. The third-order valence-electron chi connectivity index (χ3n) is 19.4. The Hall–Kier alpha value is -10.2. The fourth-order valence-electron chi connectivity index (χ4n) is 13.7. The molecule has 38 nitrogen and oxygen atoms in total. The first-order valence-corrected chi connectivity index (χ1v) is 37.4. The number of carbonyl (C=O) groups is 14. The molecule has 12 atom stereocenters. The lowest BCUT2D eigenvalue weighted by molar-refractivity contribution is -0.655. The number of piperidine rings is 1. The van der Waals surface area contributed by atoms with Crippen LogP contribution in [0.3, 0.4) is 0 Å². The molecule has 1 aromatic rings. The zero-order valence-corrected chi connectivity index (χ0v) is 62.0. The number of carbonyl (C=O) groups excluding carboxylic acids is 12. The van der Waals surface area contributed by atoms with Gasteiger partial charge >= 0.3 is 17.8 Å². The number of carboxylic acid groups (broad SMARTS) is 2. The maximum Gasteiger partial charge on any atom is 0.355 e. The SMILES string of the molecule is C[C@@H](O)[C@@H](NC(=O)C[NH+]=C(O)[C@H](CCC[NH2+]CCCCCCCCC(=O)[C@@H](C(=O)N[C@@H]1C(=O)N2[C@@H]1SC(C)(C)[C@@H]2C(=O)O)c1ccccc1)NC(=O)[C@@H](CCCN(O)C=O)NC(=O)[C@@H](CO)NC(=O)[C@@H]1CCCc2c(NC(=O)CCC(=O)O)cc3cc([O-])c(=O)cc-3n21)C(=O)N[C@@H](CO)C(=O)NC1CCCN(O)C1=O. The monoisotopic (exact) mass is 1560 g/mol. The summed E-state index contributed by atoms with van der Waals surface area (Å²) in [6.07, 6.45) is 2.46. The molecule has 6 aliphatic rings. The van der Waals surface area contributed by atoms with E-state index in [1.807, 2.05) is 5.32 Å². The number of aliphatic carboxylic acids is 2. The Bertz CT molecular complexity index is 3900. The summed E-state index contributed by atoms with van der Waals surface area (Å²) in [5.74, 6) is -14.6. The number of anilines is 1. The number of pyridine rings is 1. The van der Waals surface area contributed by atoms with E-state index >= 15 is 0 Å². The minimum absolute atomic E-state index is 0.0150. The summed E-state index contributed by atoms with van der Waals surface area (Å²) in [6.45, 7) is 2.30. The van der Waals surface area contributed by atoms with E-state index in [9.17, 15) is 118 Å². The van der Waals surface area contributed by atoms with Crippen LogP contribution in [-0.4, -0.2) is 260 Å². The highest BCUT2D eigenvalue weighted by Gasteiger charge is 2.64. The molecule has 0 saturated carbocycles. The number of aromatic nitrogens is 1. The van der Waals surface area contributed by atoms with Crippen LogP contribution in [0.1, 0.15) is 153 Å². The van der Waals surface area contributed by atoms with Gasteiger partial charge in [-0.3, -0.25) is 77.5 Å². The molecule has 110 heavy (non-hydrogen) atoms. The molecule has 5 aliphatic heterocycles. The summed E-state index contributed by atoms with van der Waals surface area (Å²) in [6, 6.07) is -1.02. The molecule has 5 heterocycles. The van der Waals surface area contributed by atoms with E-state index in [0.717, 1.165) is 44.7 Å². The molecule has 3 saturated heterocycles. The highest BCUT2D eigenvalue weighted by Crippen LogP contribution is 2.51. The number of rotatable bonds is 44. The van der Waals surface area contributed by atoms with Crippen molar-refractivity contribution in [3.63, 3.8) is 0 Å². The van der Waals surface area contributed by atoms with E-state index in [1.165, 1.54) is 27.3 Å². The second-order valence-corrected chi connectivity index (χ2v) is 29.8. The summed E-state index contributed by atoms with van der Waals surface area (Å²) in [5, 5.41) is 116. The Balaban J connectivity index is 0.990. The van der Waals surface area contributed by atoms with Gasteiger partial charge in [0, 0.05) is 42.4 Å². The van der Waals surface area contributed by atoms with Crippen LogP contribution in [0.25, 0.3) is 11.3 Å². The van der Waals surface area contributed by atoms with E-state index in [4.69, 9.17) is 0 Å². The molecule has 1 aliphatic carbocycles. The van der Waals surface area contributed by atoms with Crippen LogP contribution in [0.2, 0.25) is 0 Å². The quantitative estimate of drug-likeness (QED) is 0.00367. The number of aliphatic hydroxyl groups excluding tert-OH is 4. The number of quaternary nitrogens is 1. The van der Waals surface area contributed by atoms with Gasteiger partial charge in [0.1, 0.15) is 65.4 Å². The van der Waals surface area contributed by atoms with Crippen LogP contribution >= 0.6 is 11.8 Å². The molecular formula is C71H99N14O24S+. The van der Waals surface area contributed by atoms with Gasteiger partial charge in [-0.2, -0.15) is 0 Å². The van der Waals surface area contributed by atoms with Gasteiger partial charge in [0.15, 0.2) is 11.5 Å². The van der Waals surface area contributed by atoms with Crippen LogP contribution in [0.15, 0.2) is 53.3 Å². The molecule has 3 fully saturated rings. The summed E-state index contributed by atoms with van der Waals surface area (Å²) < 4.78 is 0.581. The fraction of sp³-hybridized carbons (Fsp3) is 0.577. The molecular weight excluding hydrogens is 1460 g/mol. The molecule has 602 valence electrons. The lowest BCUT2D eigenvalue weighted by Gasteiger charge is -2.43. The Kier molecular flexibility index (Phi) is 32.5. The number of unbranched alkanes of at least 4 members (excludes halogenated alkanes) is 5. The highest BCUT2D eigenvalue weighted by atomic mass is 32.2. The van der Waals surface area contributed by atoms with Gasteiger partial charge in [-0.15, -0.1) is 11.8 Å². The van der Waals surface area contributed by atoms with Crippen molar-refractivity contribution in [2.75, 3.05) is 51.3 Å². The second kappa shape index (κ2) is 41.0. The lowest BCUT2D eigenvalue weighted by Crippen LogP contribution is -2.84. The second-order valence-electron chi connectivity index (χ2n) is 28.1. The first-order valence-electron chi connectivity index (χ1n) is 36.6. The van der Waals surface area contributed by atoms with Gasteiger partial charge in [-0.25, -0.2) is 19.9 Å². The van der Waals surface area contributed by atoms with Gasteiger partial charge in [0.25, 0.3) is 11.8 Å². The Morgan fingerprint density at radius 1 is 0.727 bits per heavy atom. The van der Waals surface area contributed by atoms with E-state index in [2.05, 4.69) is 47.5 Å². The zero-order chi connectivity index (χ0) is 80.7. The van der Waals surface area contributed by atoms with Gasteiger partial charge in [0.05, 0.1) is 50.2 Å². The van der Waals surface area contributed by atoms with Crippen LogP contribution in [0.4, 0.5) is 5.69 Å². The Morgan fingerprint density at radius 3 is 2.05 bits per heavy atom. The molecule has 0 bridgehead atoms. The molecule has 7 rings (SSSR count). The average Bonchev–Trinajstić information content (AvgIpc) is 1.53. The predicted octanol–water partition coefficient (Wildman–Crippen LogP) is -5.28. The third kappa shape index (κ3) is 23.4. The van der Waals surface area contributed by atoms with Gasteiger partial charge in [-0.1, -0.05) is 61.4 Å². The van der Waals surface area contributed by atoms with Crippen molar-refractivity contribution in [3.05, 3.63) is 70.0 Å². The minimum atomic E-state index is -1.82. The van der Waals surface area contributed by atoms with Crippen molar-refractivity contribution in [3.8, 4) is 17.0 Å². The maximum atomic E-state index is 14.6. The molecule has 19 N–H and O–H groups in total. The van der Waals surface area contributed by atoms with Crippen molar-refractivity contribution < 1.29 is 124 Å². The molecule has 39 heteroatoms. The number of fused-ring (bicyclic) bond motifs is 4. The highest BCUT2D eigenvalue weighted by molar-refractivity contribution is 8.01. The number of carboxylic acids is 2. The molecule has 0 spiro atoms. The number of Topliss-reactive ketones (excluding diaryl/α,β-unsaturated/α-hetero) is 1. The molecule has 0 aromatic heterocycles. The largest absolute Gasteiger partial charge is 0.870 e. The topological polar surface area (TPSA) is 582 Å². The molecule has 0 radical (unpaired) electrons. The van der Waals surface area contributed by atoms with Crippen molar-refractivity contribution in [1.29, 1.82) is 0 Å². The normalized spacial score (nSPS) is 19.8. The fourth-order valence-corrected chi connectivity index (χ4v) is 15.3. The number of nitrogens with two attached hydrogens (primary N) is 1. The van der Waals surface area contributed by atoms with Crippen molar-refractivity contribution >= 4 is 107 Å². The number of ketones is 1. The summed E-state index contributed by atoms with van der Waals surface area (Å²) >= 11 is 1.28. The predicted molar refractivity (Wildman–Crippen MR) is 385 cm³/mol. The average molecular weight is 1560 g/mol. The smallest absolute Gasteiger partial charge is 0.355 e. The summed E-state index contributed by atoms with van der Waals surface area (Å²) in [7, 11) is 0. The van der Waals surface area contributed by atoms with Gasteiger partial charge in [0.2, 0.25) is 60.2 Å².